The van der Waals surface area contributed by atoms with Crippen molar-refractivity contribution in [2.75, 3.05) is 0 Å². The van der Waals surface area contributed by atoms with Gasteiger partial charge >= 0.3 is 5.97 Å². The van der Waals surface area contributed by atoms with Gasteiger partial charge in [-0.15, -0.1) is 11.3 Å². The quantitative estimate of drug-likeness (QED) is 0.512. The molecule has 1 N–H and O–H groups in total. The van der Waals surface area contributed by atoms with E-state index in [9.17, 15) is 20.0 Å². The van der Waals surface area contributed by atoms with E-state index in [-0.39, 0.29) is 10.6 Å². The lowest BCUT2D eigenvalue weighted by Crippen LogP contribution is -1.95. The fourth-order valence-corrected chi connectivity index (χ4v) is 3.27. The van der Waals surface area contributed by atoms with Gasteiger partial charge in [0, 0.05) is 17.2 Å². The number of benzene rings is 2. The standard InChI is InChI=1S/C19H14N2O4S/c1-12-7-8-13(11-15(12)21(24)25)9-10-16-20-17(18(26-16)19(22)23)14-5-3-2-4-6-14/h2-11H,1H3,(H,22,23)/b10-9+. The Balaban J connectivity index is 1.96. The summed E-state index contributed by atoms with van der Waals surface area (Å²) in [4.78, 5) is 26.7. The molecule has 1 aromatic heterocycles. The molecule has 0 radical (unpaired) electrons. The van der Waals surface area contributed by atoms with Crippen LogP contribution in [-0.2, 0) is 0 Å². The average molecular weight is 366 g/mol. The van der Waals surface area contributed by atoms with E-state index in [4.69, 9.17) is 0 Å². The number of carboxylic acid groups (broad SMARTS) is 1. The highest BCUT2D eigenvalue weighted by Gasteiger charge is 2.17. The molecule has 0 unspecified atom stereocenters. The predicted octanol–water partition coefficient (Wildman–Crippen LogP) is 4.90. The van der Waals surface area contributed by atoms with Crippen molar-refractivity contribution in [2.45, 2.75) is 6.92 Å². The van der Waals surface area contributed by atoms with Gasteiger partial charge in [0.25, 0.3) is 5.69 Å². The van der Waals surface area contributed by atoms with Gasteiger partial charge in [0.1, 0.15) is 9.88 Å². The molecule has 0 spiro atoms. The van der Waals surface area contributed by atoms with Crippen molar-refractivity contribution in [1.29, 1.82) is 0 Å². The summed E-state index contributed by atoms with van der Waals surface area (Å²) in [5, 5.41) is 21.0. The highest BCUT2D eigenvalue weighted by molar-refractivity contribution is 7.15. The van der Waals surface area contributed by atoms with Crippen LogP contribution in [-0.4, -0.2) is 21.0 Å². The first-order valence-corrected chi connectivity index (χ1v) is 8.50. The zero-order chi connectivity index (χ0) is 18.7. The van der Waals surface area contributed by atoms with Gasteiger partial charge in [0.05, 0.1) is 10.6 Å². The van der Waals surface area contributed by atoms with Crippen LogP contribution >= 0.6 is 11.3 Å². The van der Waals surface area contributed by atoms with Crippen molar-refractivity contribution in [3.05, 3.63) is 79.7 Å². The molecule has 0 aliphatic carbocycles. The smallest absolute Gasteiger partial charge is 0.348 e. The number of carbonyl (C=O) groups is 1. The largest absolute Gasteiger partial charge is 0.477 e. The number of carboxylic acids is 1. The average Bonchev–Trinajstić information content (AvgIpc) is 3.06. The van der Waals surface area contributed by atoms with E-state index in [1.54, 1.807) is 43.3 Å². The van der Waals surface area contributed by atoms with Gasteiger partial charge in [-0.1, -0.05) is 48.5 Å². The van der Waals surface area contributed by atoms with E-state index in [2.05, 4.69) is 4.98 Å². The van der Waals surface area contributed by atoms with Crippen molar-refractivity contribution in [1.82, 2.24) is 4.98 Å². The van der Waals surface area contributed by atoms with Crippen LogP contribution in [0, 0.1) is 17.0 Å². The fraction of sp³-hybridized carbons (Fsp3) is 0.0526. The van der Waals surface area contributed by atoms with E-state index in [1.165, 1.54) is 6.07 Å². The molecule has 3 aromatic rings. The molecule has 6 nitrogen and oxygen atoms in total. The minimum atomic E-state index is -1.04. The van der Waals surface area contributed by atoms with Crippen LogP contribution < -0.4 is 0 Å². The number of hydrogen-bond acceptors (Lipinski definition) is 5. The summed E-state index contributed by atoms with van der Waals surface area (Å²) in [6.45, 7) is 1.68. The third kappa shape index (κ3) is 3.68. The lowest BCUT2D eigenvalue weighted by molar-refractivity contribution is -0.385. The number of rotatable bonds is 5. The second-order valence-corrected chi connectivity index (χ2v) is 6.57. The number of nitro groups is 1. The Bertz CT molecular complexity index is 1010. The van der Waals surface area contributed by atoms with Gasteiger partial charge < -0.3 is 5.11 Å². The summed E-state index contributed by atoms with van der Waals surface area (Å²) < 4.78 is 0. The van der Waals surface area contributed by atoms with Crippen molar-refractivity contribution in [3.8, 4) is 11.3 Å². The molecule has 0 bridgehead atoms. The molecule has 7 heteroatoms. The van der Waals surface area contributed by atoms with E-state index >= 15 is 0 Å². The topological polar surface area (TPSA) is 93.3 Å². The van der Waals surface area contributed by atoms with Crippen LogP contribution in [0.15, 0.2) is 48.5 Å². The zero-order valence-corrected chi connectivity index (χ0v) is 14.6. The summed E-state index contributed by atoms with van der Waals surface area (Å²) in [7, 11) is 0. The summed E-state index contributed by atoms with van der Waals surface area (Å²) in [5.74, 6) is -1.04. The third-order valence-electron chi connectivity index (χ3n) is 3.73. The third-order valence-corrected chi connectivity index (χ3v) is 4.74. The molecule has 0 saturated heterocycles. The summed E-state index contributed by atoms with van der Waals surface area (Å²) in [6, 6.07) is 14.0. The summed E-state index contributed by atoms with van der Waals surface area (Å²) >= 11 is 1.06. The van der Waals surface area contributed by atoms with Crippen LogP contribution in [0.1, 0.15) is 25.8 Å². The Morgan fingerprint density at radius 2 is 1.92 bits per heavy atom. The molecule has 130 valence electrons. The number of thiazole rings is 1. The molecule has 3 rings (SSSR count). The van der Waals surface area contributed by atoms with Crippen LogP contribution in [0.4, 0.5) is 5.69 Å². The molecule has 26 heavy (non-hydrogen) atoms. The van der Waals surface area contributed by atoms with Crippen molar-refractivity contribution in [2.24, 2.45) is 0 Å². The monoisotopic (exact) mass is 366 g/mol. The molecule has 1 heterocycles. The SMILES string of the molecule is Cc1ccc(/C=C/c2nc(-c3ccccc3)c(C(=O)O)s2)cc1[N+](=O)[O-]. The number of aromatic nitrogens is 1. The molecule has 0 aliphatic heterocycles. The van der Waals surface area contributed by atoms with Gasteiger partial charge in [-0.3, -0.25) is 10.1 Å². The molecule has 0 saturated carbocycles. The van der Waals surface area contributed by atoms with Crippen LogP contribution in [0.3, 0.4) is 0 Å². The predicted molar refractivity (Wildman–Crippen MR) is 101 cm³/mol. The van der Waals surface area contributed by atoms with Crippen LogP contribution in [0.2, 0.25) is 0 Å². The van der Waals surface area contributed by atoms with Crippen LogP contribution in [0.5, 0.6) is 0 Å². The highest BCUT2D eigenvalue weighted by Crippen LogP contribution is 2.29. The molecule has 2 aromatic carbocycles. The number of aromatic carboxylic acids is 1. The molecule has 0 atom stereocenters. The van der Waals surface area contributed by atoms with Crippen LogP contribution in [0.25, 0.3) is 23.4 Å². The molecule has 0 aliphatic rings. The summed E-state index contributed by atoms with van der Waals surface area (Å²) in [6.07, 6.45) is 3.35. The first kappa shape index (κ1) is 17.5. The minimum Gasteiger partial charge on any atom is -0.477 e. The number of nitrogens with zero attached hydrogens (tertiary/aromatic N) is 2. The summed E-state index contributed by atoms with van der Waals surface area (Å²) in [5.41, 5.74) is 2.42. The van der Waals surface area contributed by atoms with Crippen molar-refractivity contribution >= 4 is 35.1 Å². The molecule has 0 fully saturated rings. The molecule has 0 amide bonds. The fourth-order valence-electron chi connectivity index (χ4n) is 2.44. The lowest BCUT2D eigenvalue weighted by Gasteiger charge is -1.98. The maximum atomic E-state index is 11.5. The second kappa shape index (κ2) is 7.28. The Labute approximate surface area is 153 Å². The normalized spacial score (nSPS) is 11.0. The van der Waals surface area contributed by atoms with Gasteiger partial charge in [0.15, 0.2) is 0 Å². The first-order chi connectivity index (χ1) is 12.5. The van der Waals surface area contributed by atoms with Crippen molar-refractivity contribution < 1.29 is 14.8 Å². The lowest BCUT2D eigenvalue weighted by atomic mass is 10.1. The molecular weight excluding hydrogens is 352 g/mol. The molecular formula is C19H14N2O4S. The van der Waals surface area contributed by atoms with Gasteiger partial charge in [-0.2, -0.15) is 0 Å². The number of hydrogen-bond donors (Lipinski definition) is 1. The first-order valence-electron chi connectivity index (χ1n) is 7.68. The zero-order valence-electron chi connectivity index (χ0n) is 13.7. The van der Waals surface area contributed by atoms with Crippen molar-refractivity contribution in [3.63, 3.8) is 0 Å². The Kier molecular flexibility index (Phi) is 4.90. The number of aryl methyl sites for hydroxylation is 1. The second-order valence-electron chi connectivity index (χ2n) is 5.54. The van der Waals surface area contributed by atoms with E-state index in [0.717, 1.165) is 16.9 Å². The minimum absolute atomic E-state index is 0.0440. The maximum absolute atomic E-state index is 11.5. The van der Waals surface area contributed by atoms with Gasteiger partial charge in [0.2, 0.25) is 0 Å². The Morgan fingerprint density at radius 3 is 2.58 bits per heavy atom. The highest BCUT2D eigenvalue weighted by atomic mass is 32.1. The van der Waals surface area contributed by atoms with Gasteiger partial charge in [-0.05, 0) is 18.6 Å². The van der Waals surface area contributed by atoms with E-state index in [1.807, 2.05) is 18.2 Å². The Morgan fingerprint density at radius 1 is 1.19 bits per heavy atom. The number of nitro benzene ring substituents is 1. The van der Waals surface area contributed by atoms with Gasteiger partial charge in [-0.25, -0.2) is 9.78 Å². The Hall–Kier alpha value is -3.32. The van der Waals surface area contributed by atoms with E-state index in [0.29, 0.717) is 21.8 Å². The maximum Gasteiger partial charge on any atom is 0.348 e. The van der Waals surface area contributed by atoms with E-state index < -0.39 is 10.9 Å².